The van der Waals surface area contributed by atoms with Gasteiger partial charge in [0, 0.05) is 27.2 Å². The molecular formula is C28H21Cl2N3O4S. The van der Waals surface area contributed by atoms with Gasteiger partial charge in [0.15, 0.2) is 0 Å². The third kappa shape index (κ3) is 7.76. The molecule has 0 radical (unpaired) electrons. The van der Waals surface area contributed by atoms with Crippen molar-refractivity contribution in [1.82, 2.24) is 5.32 Å². The van der Waals surface area contributed by atoms with Crippen LogP contribution in [-0.4, -0.2) is 23.5 Å². The van der Waals surface area contributed by atoms with E-state index in [0.717, 1.165) is 4.90 Å². The summed E-state index contributed by atoms with van der Waals surface area (Å²) in [4.78, 5) is 38.8. The summed E-state index contributed by atoms with van der Waals surface area (Å²) in [6.45, 7) is 0. The monoisotopic (exact) mass is 565 g/mol. The summed E-state index contributed by atoms with van der Waals surface area (Å²) in [7, 11) is 0. The molecule has 3 aromatic carbocycles. The minimum absolute atomic E-state index is 0.0183. The van der Waals surface area contributed by atoms with Gasteiger partial charge in [0.2, 0.25) is 5.91 Å². The van der Waals surface area contributed by atoms with Gasteiger partial charge in [-0.15, -0.1) is 11.8 Å². The molecule has 4 rings (SSSR count). The second-order valence-electron chi connectivity index (χ2n) is 7.83. The van der Waals surface area contributed by atoms with Crippen molar-refractivity contribution in [3.8, 4) is 0 Å². The Kier molecular flexibility index (Phi) is 9.26. The Morgan fingerprint density at radius 3 is 2.32 bits per heavy atom. The summed E-state index contributed by atoms with van der Waals surface area (Å²) < 4.78 is 5.31. The number of carbonyl (C=O) groups excluding carboxylic acids is 3. The number of rotatable bonds is 9. The SMILES string of the molecule is O=C(CSc1ccc(NC(=O)/C(=C/c2ccco2)NC(=O)c2ccccc2)cc1)Nc1ccc(Cl)cc1Cl. The van der Waals surface area contributed by atoms with Crippen molar-refractivity contribution >= 4 is 70.1 Å². The molecule has 3 amide bonds. The predicted octanol–water partition coefficient (Wildman–Crippen LogP) is 6.73. The molecule has 1 heterocycles. The van der Waals surface area contributed by atoms with Crippen LogP contribution in [0.25, 0.3) is 6.08 Å². The summed E-state index contributed by atoms with van der Waals surface area (Å²) in [5.74, 6) is -0.604. The van der Waals surface area contributed by atoms with Crippen LogP contribution in [-0.2, 0) is 9.59 Å². The molecule has 3 N–H and O–H groups in total. The fourth-order valence-corrected chi connectivity index (χ4v) is 4.37. The summed E-state index contributed by atoms with van der Waals surface area (Å²) in [5.41, 5.74) is 1.42. The molecule has 0 fully saturated rings. The molecule has 0 aliphatic rings. The minimum Gasteiger partial charge on any atom is -0.465 e. The number of hydrogen-bond acceptors (Lipinski definition) is 5. The summed E-state index contributed by atoms with van der Waals surface area (Å²) >= 11 is 13.3. The van der Waals surface area contributed by atoms with Gasteiger partial charge in [0.1, 0.15) is 11.5 Å². The van der Waals surface area contributed by atoms with Crippen LogP contribution in [0.1, 0.15) is 16.1 Å². The first-order valence-electron chi connectivity index (χ1n) is 11.3. The van der Waals surface area contributed by atoms with E-state index in [1.165, 1.54) is 24.1 Å². The molecular weight excluding hydrogens is 545 g/mol. The molecule has 4 aromatic rings. The van der Waals surface area contributed by atoms with Crippen molar-refractivity contribution in [3.63, 3.8) is 0 Å². The molecule has 38 heavy (non-hydrogen) atoms. The third-order valence-corrected chi connectivity index (χ3v) is 6.61. The summed E-state index contributed by atoms with van der Waals surface area (Å²) in [6.07, 6.45) is 2.92. The highest BCUT2D eigenvalue weighted by molar-refractivity contribution is 8.00. The van der Waals surface area contributed by atoms with Gasteiger partial charge < -0.3 is 20.4 Å². The maximum atomic E-state index is 13.0. The lowest BCUT2D eigenvalue weighted by Crippen LogP contribution is -2.30. The van der Waals surface area contributed by atoms with Crippen molar-refractivity contribution < 1.29 is 18.8 Å². The fourth-order valence-electron chi connectivity index (χ4n) is 3.22. The highest BCUT2D eigenvalue weighted by Crippen LogP contribution is 2.26. The molecule has 192 valence electrons. The Bertz CT molecular complexity index is 1460. The highest BCUT2D eigenvalue weighted by atomic mass is 35.5. The first kappa shape index (κ1) is 27.1. The van der Waals surface area contributed by atoms with E-state index in [-0.39, 0.29) is 17.4 Å². The molecule has 0 unspecified atom stereocenters. The lowest BCUT2D eigenvalue weighted by Gasteiger charge is -2.11. The van der Waals surface area contributed by atoms with Gasteiger partial charge >= 0.3 is 0 Å². The van der Waals surface area contributed by atoms with Crippen LogP contribution >= 0.6 is 35.0 Å². The number of nitrogens with one attached hydrogen (secondary N) is 3. The van der Waals surface area contributed by atoms with E-state index in [0.29, 0.717) is 32.7 Å². The Morgan fingerprint density at radius 2 is 1.63 bits per heavy atom. The van der Waals surface area contributed by atoms with Crippen LogP contribution in [0.2, 0.25) is 10.0 Å². The molecule has 10 heteroatoms. The molecule has 0 aliphatic heterocycles. The second-order valence-corrected chi connectivity index (χ2v) is 9.73. The van der Waals surface area contributed by atoms with E-state index in [9.17, 15) is 14.4 Å². The lowest BCUT2D eigenvalue weighted by atomic mass is 10.2. The number of furan rings is 1. The number of anilines is 2. The molecule has 7 nitrogen and oxygen atoms in total. The Labute approximate surface area is 233 Å². The molecule has 0 bridgehead atoms. The first-order valence-corrected chi connectivity index (χ1v) is 13.0. The zero-order valence-corrected chi connectivity index (χ0v) is 22.1. The number of carbonyl (C=O) groups is 3. The molecule has 0 saturated carbocycles. The number of thioether (sulfide) groups is 1. The van der Waals surface area contributed by atoms with Crippen molar-refractivity contribution in [3.05, 3.63) is 118 Å². The van der Waals surface area contributed by atoms with E-state index >= 15 is 0 Å². The van der Waals surface area contributed by atoms with Gasteiger partial charge in [0.05, 0.1) is 22.7 Å². The normalized spacial score (nSPS) is 11.1. The van der Waals surface area contributed by atoms with Crippen LogP contribution < -0.4 is 16.0 Å². The van der Waals surface area contributed by atoms with Crippen LogP contribution in [0, 0.1) is 0 Å². The summed E-state index contributed by atoms with van der Waals surface area (Å²) in [5, 5.41) is 9.00. The number of benzene rings is 3. The van der Waals surface area contributed by atoms with Gasteiger partial charge in [-0.3, -0.25) is 14.4 Å². The van der Waals surface area contributed by atoms with E-state index < -0.39 is 11.8 Å². The maximum absolute atomic E-state index is 13.0. The van der Waals surface area contributed by atoms with Crippen LogP contribution in [0.15, 0.2) is 106 Å². The zero-order chi connectivity index (χ0) is 26.9. The van der Waals surface area contributed by atoms with Crippen molar-refractivity contribution in [2.45, 2.75) is 4.90 Å². The standard InChI is InChI=1S/C28H21Cl2N3O4S/c29-19-8-13-24(23(30)15-19)32-26(34)17-38-22-11-9-20(10-12-22)31-28(36)25(16-21-7-4-14-37-21)33-27(35)18-5-2-1-3-6-18/h1-16H,17H2,(H,31,36)(H,32,34)(H,33,35)/b25-16-. The summed E-state index contributed by atoms with van der Waals surface area (Å²) in [6, 6.07) is 23.7. The Balaban J connectivity index is 1.36. The number of amides is 3. The van der Waals surface area contributed by atoms with Gasteiger partial charge in [-0.1, -0.05) is 41.4 Å². The lowest BCUT2D eigenvalue weighted by molar-refractivity contribution is -0.114. The largest absolute Gasteiger partial charge is 0.465 e. The highest BCUT2D eigenvalue weighted by Gasteiger charge is 2.16. The topological polar surface area (TPSA) is 100 Å². The van der Waals surface area contributed by atoms with Gasteiger partial charge in [0.25, 0.3) is 11.8 Å². The Hall–Kier alpha value is -3.98. The van der Waals surface area contributed by atoms with Gasteiger partial charge in [-0.25, -0.2) is 0 Å². The zero-order valence-electron chi connectivity index (χ0n) is 19.7. The van der Waals surface area contributed by atoms with E-state index in [2.05, 4.69) is 16.0 Å². The van der Waals surface area contributed by atoms with E-state index in [4.69, 9.17) is 27.6 Å². The van der Waals surface area contributed by atoms with Crippen LogP contribution in [0.3, 0.4) is 0 Å². The van der Waals surface area contributed by atoms with Crippen LogP contribution in [0.5, 0.6) is 0 Å². The third-order valence-electron chi connectivity index (χ3n) is 5.05. The maximum Gasteiger partial charge on any atom is 0.272 e. The van der Waals surface area contributed by atoms with Crippen molar-refractivity contribution in [1.29, 1.82) is 0 Å². The molecule has 0 aliphatic carbocycles. The molecule has 0 spiro atoms. The molecule has 0 atom stereocenters. The van der Waals surface area contributed by atoms with E-state index in [1.807, 2.05) is 0 Å². The molecule has 1 aromatic heterocycles. The van der Waals surface area contributed by atoms with E-state index in [1.54, 1.807) is 84.9 Å². The first-order chi connectivity index (χ1) is 18.4. The predicted molar refractivity (Wildman–Crippen MR) is 151 cm³/mol. The van der Waals surface area contributed by atoms with Crippen molar-refractivity contribution in [2.24, 2.45) is 0 Å². The average molecular weight is 566 g/mol. The minimum atomic E-state index is -0.523. The van der Waals surface area contributed by atoms with Crippen LogP contribution in [0.4, 0.5) is 11.4 Å². The van der Waals surface area contributed by atoms with Gasteiger partial charge in [-0.2, -0.15) is 0 Å². The Morgan fingerprint density at radius 1 is 0.868 bits per heavy atom. The number of hydrogen-bond donors (Lipinski definition) is 3. The molecule has 0 saturated heterocycles. The average Bonchev–Trinajstić information content (AvgIpc) is 3.43. The quantitative estimate of drug-likeness (QED) is 0.154. The second kappa shape index (κ2) is 13.0. The number of halogens is 2. The van der Waals surface area contributed by atoms with Crippen molar-refractivity contribution in [2.75, 3.05) is 16.4 Å². The smallest absolute Gasteiger partial charge is 0.272 e. The van der Waals surface area contributed by atoms with Gasteiger partial charge in [-0.05, 0) is 66.7 Å². The fraction of sp³-hybridized carbons (Fsp3) is 0.0357.